The summed E-state index contributed by atoms with van der Waals surface area (Å²) in [6, 6.07) is 0. The highest BCUT2D eigenvalue weighted by Crippen LogP contribution is 2.28. The lowest BCUT2D eigenvalue weighted by atomic mass is 9.85. The summed E-state index contributed by atoms with van der Waals surface area (Å²) in [4.78, 5) is 0. The zero-order valence-corrected chi connectivity index (χ0v) is 8.94. The van der Waals surface area contributed by atoms with Gasteiger partial charge in [0.05, 0.1) is 12.7 Å². The lowest BCUT2D eigenvalue weighted by molar-refractivity contribution is -0.0190. The van der Waals surface area contributed by atoms with E-state index in [1.165, 1.54) is 32.1 Å². The third-order valence-electron chi connectivity index (χ3n) is 3.13. The minimum absolute atomic E-state index is 0. The van der Waals surface area contributed by atoms with Crippen LogP contribution in [0.25, 0.3) is 0 Å². The molecule has 2 nitrogen and oxygen atoms in total. The van der Waals surface area contributed by atoms with Crippen LogP contribution in [-0.2, 0) is 4.74 Å². The van der Waals surface area contributed by atoms with Gasteiger partial charge in [0, 0.05) is 13.1 Å². The Morgan fingerprint density at radius 3 is 2.46 bits per heavy atom. The van der Waals surface area contributed by atoms with Gasteiger partial charge in [0.25, 0.3) is 0 Å². The van der Waals surface area contributed by atoms with E-state index in [2.05, 4.69) is 5.32 Å². The van der Waals surface area contributed by atoms with Crippen molar-refractivity contribution in [2.24, 2.45) is 5.92 Å². The number of ether oxygens (including phenoxy) is 1. The van der Waals surface area contributed by atoms with Crippen LogP contribution in [-0.4, -0.2) is 25.8 Å². The van der Waals surface area contributed by atoms with Crippen molar-refractivity contribution in [2.75, 3.05) is 19.7 Å². The Morgan fingerprint density at radius 1 is 1.08 bits per heavy atom. The fraction of sp³-hybridized carbons (Fsp3) is 1.00. The fourth-order valence-electron chi connectivity index (χ4n) is 2.39. The Kier molecular flexibility index (Phi) is 5.07. The predicted octanol–water partition coefficient (Wildman–Crippen LogP) is 1.98. The topological polar surface area (TPSA) is 21.3 Å². The molecule has 78 valence electrons. The van der Waals surface area contributed by atoms with Gasteiger partial charge in [-0.1, -0.05) is 19.3 Å². The number of rotatable bonds is 1. The number of morpholine rings is 1. The molecule has 0 spiro atoms. The number of halogens is 1. The van der Waals surface area contributed by atoms with Crippen molar-refractivity contribution in [3.63, 3.8) is 0 Å². The largest absolute Gasteiger partial charge is 0.375 e. The maximum absolute atomic E-state index is 5.75. The summed E-state index contributed by atoms with van der Waals surface area (Å²) in [7, 11) is 0. The van der Waals surface area contributed by atoms with Gasteiger partial charge >= 0.3 is 0 Å². The second-order valence-corrected chi connectivity index (χ2v) is 4.01. The SMILES string of the molecule is C1CCC(C2CNCCO2)CC1.Cl. The van der Waals surface area contributed by atoms with E-state index in [1.807, 2.05) is 0 Å². The average molecular weight is 206 g/mol. The molecule has 1 saturated carbocycles. The highest BCUT2D eigenvalue weighted by molar-refractivity contribution is 5.85. The minimum atomic E-state index is 0. The molecule has 3 heteroatoms. The summed E-state index contributed by atoms with van der Waals surface area (Å²) in [6.45, 7) is 3.05. The smallest absolute Gasteiger partial charge is 0.0728 e. The Morgan fingerprint density at radius 2 is 1.85 bits per heavy atom. The zero-order valence-electron chi connectivity index (χ0n) is 8.13. The predicted molar refractivity (Wildman–Crippen MR) is 56.4 cm³/mol. The van der Waals surface area contributed by atoms with Crippen LogP contribution in [0.3, 0.4) is 0 Å². The van der Waals surface area contributed by atoms with Crippen LogP contribution in [0.2, 0.25) is 0 Å². The van der Waals surface area contributed by atoms with Crippen LogP contribution in [0.1, 0.15) is 32.1 Å². The maximum atomic E-state index is 5.75. The Hall–Kier alpha value is 0.210. The van der Waals surface area contributed by atoms with E-state index in [1.54, 1.807) is 0 Å². The van der Waals surface area contributed by atoms with Gasteiger partial charge < -0.3 is 10.1 Å². The summed E-state index contributed by atoms with van der Waals surface area (Å²) in [6.07, 6.45) is 7.60. The van der Waals surface area contributed by atoms with Crippen LogP contribution in [0, 0.1) is 5.92 Å². The van der Waals surface area contributed by atoms with Gasteiger partial charge in [0.1, 0.15) is 0 Å². The molecule has 2 fully saturated rings. The molecule has 1 unspecified atom stereocenters. The second-order valence-electron chi connectivity index (χ2n) is 4.01. The van der Waals surface area contributed by atoms with Crippen molar-refractivity contribution in [3.8, 4) is 0 Å². The number of hydrogen-bond donors (Lipinski definition) is 1. The van der Waals surface area contributed by atoms with Crippen LogP contribution in [0.5, 0.6) is 0 Å². The van der Waals surface area contributed by atoms with Crippen molar-refractivity contribution in [1.82, 2.24) is 5.32 Å². The maximum Gasteiger partial charge on any atom is 0.0728 e. The molecule has 0 amide bonds. The van der Waals surface area contributed by atoms with E-state index in [-0.39, 0.29) is 12.4 Å². The number of hydrogen-bond acceptors (Lipinski definition) is 2. The third kappa shape index (κ3) is 3.12. The molecular formula is C10H20ClNO. The lowest BCUT2D eigenvalue weighted by Gasteiger charge is -2.33. The van der Waals surface area contributed by atoms with Gasteiger partial charge in [-0.05, 0) is 18.8 Å². The van der Waals surface area contributed by atoms with Crippen molar-refractivity contribution in [1.29, 1.82) is 0 Å². The molecule has 2 aliphatic rings. The highest BCUT2D eigenvalue weighted by Gasteiger charge is 2.25. The summed E-state index contributed by atoms with van der Waals surface area (Å²) >= 11 is 0. The first kappa shape index (κ1) is 11.3. The zero-order chi connectivity index (χ0) is 8.23. The molecule has 1 aliphatic carbocycles. The first-order chi connectivity index (χ1) is 5.97. The van der Waals surface area contributed by atoms with Crippen LogP contribution in [0.15, 0.2) is 0 Å². The second kappa shape index (κ2) is 5.84. The van der Waals surface area contributed by atoms with Crippen molar-refractivity contribution in [2.45, 2.75) is 38.2 Å². The minimum Gasteiger partial charge on any atom is -0.375 e. The van der Waals surface area contributed by atoms with E-state index in [0.29, 0.717) is 6.10 Å². The molecule has 0 bridgehead atoms. The molecule has 0 aromatic rings. The molecule has 0 aromatic heterocycles. The molecule has 1 atom stereocenters. The van der Waals surface area contributed by atoms with E-state index < -0.39 is 0 Å². The van der Waals surface area contributed by atoms with E-state index >= 15 is 0 Å². The fourth-order valence-corrected chi connectivity index (χ4v) is 2.39. The normalized spacial score (nSPS) is 30.9. The Bertz CT molecular complexity index is 115. The highest BCUT2D eigenvalue weighted by atomic mass is 35.5. The van der Waals surface area contributed by atoms with Crippen LogP contribution >= 0.6 is 12.4 Å². The van der Waals surface area contributed by atoms with E-state index in [4.69, 9.17) is 4.74 Å². The first-order valence-electron chi connectivity index (χ1n) is 5.29. The molecular weight excluding hydrogens is 186 g/mol. The third-order valence-corrected chi connectivity index (χ3v) is 3.13. The van der Waals surface area contributed by atoms with Gasteiger partial charge in [-0.15, -0.1) is 12.4 Å². The van der Waals surface area contributed by atoms with Crippen molar-refractivity contribution >= 4 is 12.4 Å². The Balaban J connectivity index is 0.000000845. The molecule has 1 saturated heterocycles. The monoisotopic (exact) mass is 205 g/mol. The van der Waals surface area contributed by atoms with Crippen molar-refractivity contribution < 1.29 is 4.74 Å². The van der Waals surface area contributed by atoms with E-state index in [9.17, 15) is 0 Å². The summed E-state index contributed by atoms with van der Waals surface area (Å²) in [5.41, 5.74) is 0. The first-order valence-corrected chi connectivity index (χ1v) is 5.29. The summed E-state index contributed by atoms with van der Waals surface area (Å²) in [5.74, 6) is 0.853. The molecule has 13 heavy (non-hydrogen) atoms. The summed E-state index contributed by atoms with van der Waals surface area (Å²) < 4.78 is 5.75. The van der Waals surface area contributed by atoms with Crippen molar-refractivity contribution in [3.05, 3.63) is 0 Å². The quantitative estimate of drug-likeness (QED) is 0.707. The lowest BCUT2D eigenvalue weighted by Crippen LogP contribution is -2.43. The number of nitrogens with one attached hydrogen (secondary N) is 1. The average Bonchev–Trinajstić information content (AvgIpc) is 2.21. The molecule has 2 rings (SSSR count). The molecule has 1 N–H and O–H groups in total. The Labute approximate surface area is 86.8 Å². The van der Waals surface area contributed by atoms with Crippen LogP contribution in [0.4, 0.5) is 0 Å². The standard InChI is InChI=1S/C10H19NO.ClH/c1-2-4-9(5-3-1)10-8-11-6-7-12-10;/h9-11H,1-8H2;1H. The van der Waals surface area contributed by atoms with E-state index in [0.717, 1.165) is 25.6 Å². The molecule has 1 heterocycles. The van der Waals surface area contributed by atoms with Crippen LogP contribution < -0.4 is 5.32 Å². The molecule has 0 aromatic carbocycles. The van der Waals surface area contributed by atoms with Gasteiger partial charge in [0.2, 0.25) is 0 Å². The van der Waals surface area contributed by atoms with Gasteiger partial charge in [-0.2, -0.15) is 0 Å². The van der Waals surface area contributed by atoms with Gasteiger partial charge in [0.15, 0.2) is 0 Å². The summed E-state index contributed by atoms with van der Waals surface area (Å²) in [5, 5.41) is 3.41. The van der Waals surface area contributed by atoms with Gasteiger partial charge in [-0.3, -0.25) is 0 Å². The molecule has 1 aliphatic heterocycles. The van der Waals surface area contributed by atoms with Gasteiger partial charge in [-0.25, -0.2) is 0 Å². The molecule has 0 radical (unpaired) electrons.